The summed E-state index contributed by atoms with van der Waals surface area (Å²) in [4.78, 5) is 5.41. The van der Waals surface area contributed by atoms with Crippen LogP contribution in [0.25, 0.3) is 0 Å². The zero-order valence-corrected chi connectivity index (χ0v) is 10.7. The van der Waals surface area contributed by atoms with Gasteiger partial charge in [0.2, 0.25) is 0 Å². The Balaban J connectivity index is 0.00000128. The largest absolute Gasteiger partial charge is 0.264 e. The van der Waals surface area contributed by atoms with E-state index in [4.69, 9.17) is 0 Å². The number of pyridine rings is 1. The van der Waals surface area contributed by atoms with Gasteiger partial charge in [0.1, 0.15) is 0 Å². The molecule has 0 radical (unpaired) electrons. The molecule has 0 N–H and O–H groups in total. The second-order valence-corrected chi connectivity index (χ2v) is 4.51. The summed E-state index contributed by atoms with van der Waals surface area (Å²) in [5, 5.41) is 0. The van der Waals surface area contributed by atoms with Gasteiger partial charge in [-0.15, -0.1) is 24.2 Å². The molecule has 0 aliphatic heterocycles. The quantitative estimate of drug-likeness (QED) is 0.762. The van der Waals surface area contributed by atoms with Gasteiger partial charge in [0.15, 0.2) is 0 Å². The van der Waals surface area contributed by atoms with Crippen LogP contribution in [0, 0.1) is 6.92 Å². The molecule has 0 saturated heterocycles. The molecule has 2 aromatic rings. The third-order valence-corrected chi connectivity index (χ3v) is 3.23. The van der Waals surface area contributed by atoms with Crippen molar-refractivity contribution in [2.45, 2.75) is 17.6 Å². The Bertz CT molecular complexity index is 414. The molecule has 0 atom stereocenters. The normalized spacial score (nSPS) is 9.56. The van der Waals surface area contributed by atoms with Crippen molar-refractivity contribution in [3.63, 3.8) is 0 Å². The Morgan fingerprint density at radius 2 is 1.88 bits per heavy atom. The molecule has 0 saturated carbocycles. The summed E-state index contributed by atoms with van der Waals surface area (Å²) in [7, 11) is 0. The molecule has 0 fully saturated rings. The summed E-state index contributed by atoms with van der Waals surface area (Å²) in [5.74, 6) is 0.983. The number of nitrogens with zero attached hydrogens (tertiary/aromatic N) is 1. The molecule has 2 rings (SSSR count). The smallest absolute Gasteiger partial charge is 0.0308 e. The lowest BCUT2D eigenvalue weighted by molar-refractivity contribution is 1.25. The summed E-state index contributed by atoms with van der Waals surface area (Å²) in [6.45, 7) is 2.11. The molecule has 0 aliphatic rings. The van der Waals surface area contributed by atoms with Gasteiger partial charge in [-0.2, -0.15) is 0 Å². The van der Waals surface area contributed by atoms with E-state index in [0.717, 1.165) is 5.75 Å². The third-order valence-electron chi connectivity index (χ3n) is 2.15. The first kappa shape index (κ1) is 13.1. The van der Waals surface area contributed by atoms with Crippen molar-refractivity contribution in [2.75, 3.05) is 0 Å². The van der Waals surface area contributed by atoms with E-state index >= 15 is 0 Å². The van der Waals surface area contributed by atoms with Crippen molar-refractivity contribution in [1.29, 1.82) is 0 Å². The standard InChI is InChI=1S/C13H13NS.ClH/c1-11-4-6-13(7-5-11)15-10-12-3-2-8-14-9-12;/h2-9H,10H2,1H3;1H. The average Bonchev–Trinajstić information content (AvgIpc) is 2.30. The summed E-state index contributed by atoms with van der Waals surface area (Å²) >= 11 is 1.84. The van der Waals surface area contributed by atoms with Gasteiger partial charge >= 0.3 is 0 Å². The van der Waals surface area contributed by atoms with Crippen LogP contribution in [-0.2, 0) is 5.75 Å². The molecular weight excluding hydrogens is 238 g/mol. The van der Waals surface area contributed by atoms with Crippen LogP contribution in [0.4, 0.5) is 0 Å². The molecule has 16 heavy (non-hydrogen) atoms. The van der Waals surface area contributed by atoms with Crippen LogP contribution in [0.15, 0.2) is 53.7 Å². The monoisotopic (exact) mass is 251 g/mol. The predicted octanol–water partition coefficient (Wildman–Crippen LogP) is 4.10. The topological polar surface area (TPSA) is 12.9 Å². The second kappa shape index (κ2) is 6.56. The number of halogens is 1. The van der Waals surface area contributed by atoms with E-state index in [9.17, 15) is 0 Å². The molecular formula is C13H14ClNS. The zero-order chi connectivity index (χ0) is 10.5. The van der Waals surface area contributed by atoms with Crippen LogP contribution in [0.2, 0.25) is 0 Å². The lowest BCUT2D eigenvalue weighted by Gasteiger charge is -2.01. The van der Waals surface area contributed by atoms with Gasteiger partial charge in [-0.1, -0.05) is 23.8 Å². The maximum Gasteiger partial charge on any atom is 0.0308 e. The van der Waals surface area contributed by atoms with Gasteiger partial charge in [-0.05, 0) is 30.7 Å². The number of rotatable bonds is 3. The van der Waals surface area contributed by atoms with Crippen molar-refractivity contribution >= 4 is 24.2 Å². The highest BCUT2D eigenvalue weighted by Gasteiger charge is 1.95. The molecule has 1 aromatic carbocycles. The van der Waals surface area contributed by atoms with E-state index in [2.05, 4.69) is 42.2 Å². The fraction of sp³-hybridized carbons (Fsp3) is 0.154. The van der Waals surface area contributed by atoms with Crippen LogP contribution in [0.5, 0.6) is 0 Å². The number of hydrogen-bond donors (Lipinski definition) is 0. The van der Waals surface area contributed by atoms with E-state index in [1.165, 1.54) is 16.0 Å². The van der Waals surface area contributed by atoms with Crippen molar-refractivity contribution in [1.82, 2.24) is 4.98 Å². The highest BCUT2D eigenvalue weighted by molar-refractivity contribution is 7.98. The number of aromatic nitrogens is 1. The van der Waals surface area contributed by atoms with Crippen LogP contribution in [0.1, 0.15) is 11.1 Å². The van der Waals surface area contributed by atoms with Gasteiger partial charge in [-0.25, -0.2) is 0 Å². The zero-order valence-electron chi connectivity index (χ0n) is 9.09. The first-order chi connectivity index (χ1) is 7.34. The van der Waals surface area contributed by atoms with Gasteiger partial charge in [0.05, 0.1) is 0 Å². The predicted molar refractivity (Wildman–Crippen MR) is 72.2 cm³/mol. The molecule has 0 amide bonds. The maximum atomic E-state index is 4.10. The Morgan fingerprint density at radius 3 is 2.50 bits per heavy atom. The van der Waals surface area contributed by atoms with Crippen LogP contribution < -0.4 is 0 Å². The number of aryl methyl sites for hydroxylation is 1. The Hall–Kier alpha value is -0.990. The maximum absolute atomic E-state index is 4.10. The van der Waals surface area contributed by atoms with Crippen molar-refractivity contribution in [3.8, 4) is 0 Å². The summed E-state index contributed by atoms with van der Waals surface area (Å²) < 4.78 is 0. The van der Waals surface area contributed by atoms with E-state index in [1.54, 1.807) is 6.20 Å². The molecule has 3 heteroatoms. The van der Waals surface area contributed by atoms with E-state index in [0.29, 0.717) is 0 Å². The van der Waals surface area contributed by atoms with Gasteiger partial charge in [-0.3, -0.25) is 4.98 Å². The minimum atomic E-state index is 0. The van der Waals surface area contributed by atoms with Crippen LogP contribution in [-0.4, -0.2) is 4.98 Å². The first-order valence-corrected chi connectivity index (χ1v) is 5.91. The van der Waals surface area contributed by atoms with Crippen molar-refractivity contribution < 1.29 is 0 Å². The van der Waals surface area contributed by atoms with Crippen LogP contribution >= 0.6 is 24.2 Å². The highest BCUT2D eigenvalue weighted by atomic mass is 35.5. The molecule has 1 aromatic heterocycles. The van der Waals surface area contributed by atoms with Crippen molar-refractivity contribution in [3.05, 3.63) is 59.9 Å². The molecule has 84 valence electrons. The fourth-order valence-corrected chi connectivity index (χ4v) is 2.12. The summed E-state index contributed by atoms with van der Waals surface area (Å²) in [5.41, 5.74) is 2.57. The highest BCUT2D eigenvalue weighted by Crippen LogP contribution is 2.22. The Morgan fingerprint density at radius 1 is 1.12 bits per heavy atom. The second-order valence-electron chi connectivity index (χ2n) is 3.46. The van der Waals surface area contributed by atoms with Crippen molar-refractivity contribution in [2.24, 2.45) is 0 Å². The number of benzene rings is 1. The number of hydrogen-bond acceptors (Lipinski definition) is 2. The van der Waals surface area contributed by atoms with E-state index < -0.39 is 0 Å². The Kier molecular flexibility index (Phi) is 5.36. The molecule has 1 heterocycles. The minimum Gasteiger partial charge on any atom is -0.264 e. The molecule has 0 aliphatic carbocycles. The lowest BCUT2D eigenvalue weighted by atomic mass is 10.2. The van der Waals surface area contributed by atoms with Gasteiger partial charge in [0, 0.05) is 23.0 Å². The van der Waals surface area contributed by atoms with Gasteiger partial charge in [0.25, 0.3) is 0 Å². The molecule has 0 spiro atoms. The molecule has 0 unspecified atom stereocenters. The lowest BCUT2D eigenvalue weighted by Crippen LogP contribution is -1.81. The number of thioether (sulfide) groups is 1. The van der Waals surface area contributed by atoms with E-state index in [-0.39, 0.29) is 12.4 Å². The molecule has 0 bridgehead atoms. The van der Waals surface area contributed by atoms with Gasteiger partial charge < -0.3 is 0 Å². The molecule has 1 nitrogen and oxygen atoms in total. The SMILES string of the molecule is Cc1ccc(SCc2cccnc2)cc1.Cl. The van der Waals surface area contributed by atoms with Crippen LogP contribution in [0.3, 0.4) is 0 Å². The third kappa shape index (κ3) is 3.87. The first-order valence-electron chi connectivity index (χ1n) is 4.93. The van der Waals surface area contributed by atoms with E-state index in [1.807, 2.05) is 24.0 Å². The Labute approximate surface area is 107 Å². The summed E-state index contributed by atoms with van der Waals surface area (Å²) in [6, 6.07) is 12.7. The summed E-state index contributed by atoms with van der Waals surface area (Å²) in [6.07, 6.45) is 3.72. The minimum absolute atomic E-state index is 0. The average molecular weight is 252 g/mol. The fourth-order valence-electron chi connectivity index (χ4n) is 1.28.